The van der Waals surface area contributed by atoms with Crippen molar-refractivity contribution in [1.82, 2.24) is 15.3 Å². The molecule has 0 radical (unpaired) electrons. The SMILES string of the molecule is CC(NC(=O)CCOCC(F)F)c1ncc[nH]1. The smallest absolute Gasteiger partial charge is 0.261 e. The molecule has 1 aromatic rings. The summed E-state index contributed by atoms with van der Waals surface area (Å²) in [5.41, 5.74) is 0. The van der Waals surface area contributed by atoms with E-state index in [0.717, 1.165) is 0 Å². The highest BCUT2D eigenvalue weighted by molar-refractivity contribution is 5.76. The van der Waals surface area contributed by atoms with Crippen LogP contribution in [0.2, 0.25) is 0 Å². The van der Waals surface area contributed by atoms with Crippen molar-refractivity contribution in [2.75, 3.05) is 13.2 Å². The summed E-state index contributed by atoms with van der Waals surface area (Å²) in [6.45, 7) is 1.12. The topological polar surface area (TPSA) is 67.0 Å². The first-order valence-corrected chi connectivity index (χ1v) is 5.24. The zero-order valence-corrected chi connectivity index (χ0v) is 9.45. The molecular weight excluding hydrogens is 232 g/mol. The zero-order chi connectivity index (χ0) is 12.7. The van der Waals surface area contributed by atoms with E-state index in [1.165, 1.54) is 0 Å². The second kappa shape index (κ2) is 6.95. The predicted octanol–water partition coefficient (Wildman–Crippen LogP) is 1.26. The normalized spacial score (nSPS) is 12.7. The van der Waals surface area contributed by atoms with Crippen LogP contribution in [0.15, 0.2) is 12.4 Å². The van der Waals surface area contributed by atoms with E-state index < -0.39 is 13.0 Å². The molecule has 0 aliphatic carbocycles. The van der Waals surface area contributed by atoms with Gasteiger partial charge in [0.25, 0.3) is 6.43 Å². The Kier molecular flexibility index (Phi) is 5.55. The maximum absolute atomic E-state index is 11.7. The first kappa shape index (κ1) is 13.6. The van der Waals surface area contributed by atoms with Crippen molar-refractivity contribution in [3.05, 3.63) is 18.2 Å². The van der Waals surface area contributed by atoms with Crippen molar-refractivity contribution in [3.63, 3.8) is 0 Å². The molecule has 0 saturated heterocycles. The van der Waals surface area contributed by atoms with Gasteiger partial charge in [0.05, 0.1) is 12.6 Å². The van der Waals surface area contributed by atoms with Crippen LogP contribution in [0.3, 0.4) is 0 Å². The average molecular weight is 247 g/mol. The van der Waals surface area contributed by atoms with E-state index in [9.17, 15) is 13.6 Å². The summed E-state index contributed by atoms with van der Waals surface area (Å²) in [6.07, 6.45) is 0.797. The number of nitrogens with zero attached hydrogens (tertiary/aromatic N) is 1. The van der Waals surface area contributed by atoms with E-state index in [1.54, 1.807) is 19.3 Å². The summed E-state index contributed by atoms with van der Waals surface area (Å²) < 4.78 is 28.0. The molecular formula is C10H15F2N3O2. The standard InChI is InChI=1S/C10H15F2N3O2/c1-7(10-13-3-4-14-10)15-9(16)2-5-17-6-8(11)12/h3-4,7-8H,2,5-6H2,1H3,(H,13,14)(H,15,16). The second-order valence-electron chi connectivity index (χ2n) is 3.48. The summed E-state index contributed by atoms with van der Waals surface area (Å²) in [6, 6.07) is -0.243. The van der Waals surface area contributed by atoms with Gasteiger partial charge in [-0.15, -0.1) is 0 Å². The van der Waals surface area contributed by atoms with Gasteiger partial charge in [-0.05, 0) is 6.92 Å². The number of H-pyrrole nitrogens is 1. The highest BCUT2D eigenvalue weighted by atomic mass is 19.3. The van der Waals surface area contributed by atoms with Gasteiger partial charge >= 0.3 is 0 Å². The van der Waals surface area contributed by atoms with Crippen LogP contribution in [-0.4, -0.2) is 35.5 Å². The molecule has 2 N–H and O–H groups in total. The van der Waals surface area contributed by atoms with E-state index in [2.05, 4.69) is 20.0 Å². The first-order chi connectivity index (χ1) is 8.09. The Hall–Kier alpha value is -1.50. The quantitative estimate of drug-likeness (QED) is 0.713. The van der Waals surface area contributed by atoms with Gasteiger partial charge in [0.1, 0.15) is 12.4 Å². The molecule has 1 amide bonds. The Morgan fingerprint density at radius 2 is 2.41 bits per heavy atom. The van der Waals surface area contributed by atoms with Gasteiger partial charge in [0.15, 0.2) is 0 Å². The molecule has 0 bridgehead atoms. The Labute approximate surface area is 97.6 Å². The number of aromatic nitrogens is 2. The van der Waals surface area contributed by atoms with Gasteiger partial charge in [-0.3, -0.25) is 4.79 Å². The summed E-state index contributed by atoms with van der Waals surface area (Å²) >= 11 is 0. The summed E-state index contributed by atoms with van der Waals surface area (Å²) in [4.78, 5) is 18.2. The Balaban J connectivity index is 2.17. The highest BCUT2D eigenvalue weighted by Crippen LogP contribution is 2.05. The number of hydrogen-bond donors (Lipinski definition) is 2. The third-order valence-corrected chi connectivity index (χ3v) is 2.02. The Morgan fingerprint density at radius 1 is 1.65 bits per heavy atom. The van der Waals surface area contributed by atoms with Crippen LogP contribution in [0.5, 0.6) is 0 Å². The van der Waals surface area contributed by atoms with E-state index in [1.807, 2.05) is 0 Å². The van der Waals surface area contributed by atoms with E-state index in [0.29, 0.717) is 5.82 Å². The molecule has 1 rings (SSSR count). The molecule has 7 heteroatoms. The van der Waals surface area contributed by atoms with Crippen LogP contribution in [0, 0.1) is 0 Å². The zero-order valence-electron chi connectivity index (χ0n) is 9.45. The van der Waals surface area contributed by atoms with Gasteiger partial charge in [0, 0.05) is 18.8 Å². The molecule has 0 spiro atoms. The minimum Gasteiger partial charge on any atom is -0.375 e. The predicted molar refractivity (Wildman–Crippen MR) is 56.6 cm³/mol. The molecule has 1 atom stereocenters. The number of halogens is 2. The number of nitrogens with one attached hydrogen (secondary N) is 2. The molecule has 0 aromatic carbocycles. The number of hydrogen-bond acceptors (Lipinski definition) is 3. The highest BCUT2D eigenvalue weighted by Gasteiger charge is 2.11. The molecule has 0 aliphatic rings. The number of rotatable bonds is 7. The van der Waals surface area contributed by atoms with Crippen LogP contribution < -0.4 is 5.32 Å². The van der Waals surface area contributed by atoms with Crippen LogP contribution in [0.1, 0.15) is 25.2 Å². The Morgan fingerprint density at radius 3 is 3.00 bits per heavy atom. The van der Waals surface area contributed by atoms with Crippen LogP contribution >= 0.6 is 0 Å². The number of alkyl halides is 2. The lowest BCUT2D eigenvalue weighted by molar-refractivity contribution is -0.123. The fourth-order valence-corrected chi connectivity index (χ4v) is 1.23. The lowest BCUT2D eigenvalue weighted by atomic mass is 10.3. The lowest BCUT2D eigenvalue weighted by Crippen LogP contribution is -2.28. The maximum Gasteiger partial charge on any atom is 0.261 e. The molecule has 96 valence electrons. The monoisotopic (exact) mass is 247 g/mol. The lowest BCUT2D eigenvalue weighted by Gasteiger charge is -2.11. The van der Waals surface area contributed by atoms with Crippen LogP contribution in [0.4, 0.5) is 8.78 Å². The van der Waals surface area contributed by atoms with Crippen molar-refractivity contribution < 1.29 is 18.3 Å². The molecule has 0 fully saturated rings. The average Bonchev–Trinajstić information content (AvgIpc) is 2.77. The Bertz CT molecular complexity index is 330. The minimum atomic E-state index is -2.50. The molecule has 1 heterocycles. The maximum atomic E-state index is 11.7. The molecule has 1 unspecified atom stereocenters. The van der Waals surface area contributed by atoms with Gasteiger partial charge < -0.3 is 15.0 Å². The van der Waals surface area contributed by atoms with Gasteiger partial charge in [0.2, 0.25) is 5.91 Å². The fraction of sp³-hybridized carbons (Fsp3) is 0.600. The number of carbonyl (C=O) groups excluding carboxylic acids is 1. The van der Waals surface area contributed by atoms with Crippen LogP contribution in [0.25, 0.3) is 0 Å². The largest absolute Gasteiger partial charge is 0.375 e. The third kappa shape index (κ3) is 5.39. The van der Waals surface area contributed by atoms with E-state index in [4.69, 9.17) is 0 Å². The first-order valence-electron chi connectivity index (χ1n) is 5.24. The molecule has 0 aliphatic heterocycles. The van der Waals surface area contributed by atoms with Gasteiger partial charge in [-0.25, -0.2) is 13.8 Å². The van der Waals surface area contributed by atoms with E-state index >= 15 is 0 Å². The number of carbonyl (C=O) groups is 1. The van der Waals surface area contributed by atoms with Crippen molar-refractivity contribution in [1.29, 1.82) is 0 Å². The van der Waals surface area contributed by atoms with Crippen molar-refractivity contribution in [3.8, 4) is 0 Å². The molecule has 1 aromatic heterocycles. The van der Waals surface area contributed by atoms with Crippen molar-refractivity contribution >= 4 is 5.91 Å². The number of amides is 1. The third-order valence-electron chi connectivity index (χ3n) is 2.02. The van der Waals surface area contributed by atoms with Gasteiger partial charge in [-0.1, -0.05) is 0 Å². The van der Waals surface area contributed by atoms with Crippen molar-refractivity contribution in [2.24, 2.45) is 0 Å². The minimum absolute atomic E-state index is 0.0128. The fourth-order valence-electron chi connectivity index (χ4n) is 1.23. The van der Waals surface area contributed by atoms with E-state index in [-0.39, 0.29) is 25.0 Å². The molecule has 17 heavy (non-hydrogen) atoms. The number of ether oxygens (including phenoxy) is 1. The van der Waals surface area contributed by atoms with Crippen LogP contribution in [-0.2, 0) is 9.53 Å². The molecule has 0 saturated carbocycles. The van der Waals surface area contributed by atoms with Gasteiger partial charge in [-0.2, -0.15) is 0 Å². The molecule has 5 nitrogen and oxygen atoms in total. The summed E-state index contributed by atoms with van der Waals surface area (Å²) in [5.74, 6) is 0.384. The summed E-state index contributed by atoms with van der Waals surface area (Å²) in [7, 11) is 0. The number of aromatic amines is 1. The van der Waals surface area contributed by atoms with Crippen molar-refractivity contribution in [2.45, 2.75) is 25.8 Å². The second-order valence-corrected chi connectivity index (χ2v) is 3.48. The summed E-state index contributed by atoms with van der Waals surface area (Å²) in [5, 5.41) is 2.67. The number of imidazole rings is 1.